The fraction of sp³-hybridized carbons (Fsp3) is 0.385. The second-order valence-corrected chi connectivity index (χ2v) is 12.9. The number of rotatable bonds is 7. The first-order chi connectivity index (χ1) is 23.9. The molecule has 0 saturated carbocycles. The molecular formula is C39H43N3O7. The van der Waals surface area contributed by atoms with Gasteiger partial charge in [-0.15, -0.1) is 0 Å². The maximum atomic E-state index is 13.6. The van der Waals surface area contributed by atoms with Gasteiger partial charge in [0.25, 0.3) is 0 Å². The van der Waals surface area contributed by atoms with Gasteiger partial charge >= 0.3 is 12.1 Å². The van der Waals surface area contributed by atoms with E-state index in [1.54, 1.807) is 17.0 Å². The number of ether oxygens (including phenoxy) is 2. The number of carbonyl (C=O) groups excluding carboxylic acids is 4. The number of hydrogen-bond acceptors (Lipinski definition) is 7. The van der Waals surface area contributed by atoms with Gasteiger partial charge in [0.05, 0.1) is 25.1 Å². The number of esters is 1. The van der Waals surface area contributed by atoms with Gasteiger partial charge < -0.3 is 30.1 Å². The number of carbonyl (C=O) groups is 4. The second kappa shape index (κ2) is 16.0. The number of likely N-dealkylation sites (tertiary alicyclic amines) is 1. The Morgan fingerprint density at radius 1 is 0.918 bits per heavy atom. The molecule has 0 unspecified atom stereocenters. The van der Waals surface area contributed by atoms with E-state index in [9.17, 15) is 24.3 Å². The van der Waals surface area contributed by atoms with E-state index in [1.807, 2.05) is 66.7 Å². The number of amides is 3. The summed E-state index contributed by atoms with van der Waals surface area (Å²) in [6.07, 6.45) is 4.71. The van der Waals surface area contributed by atoms with Gasteiger partial charge in [0, 0.05) is 18.9 Å². The lowest BCUT2D eigenvalue weighted by Crippen LogP contribution is -2.44. The SMILES string of the molecule is O=C(N[C@H]1CC/C=C\C[C@H](CC(=O)N2CCC[C@H]2CO)C(=O)NC[C@H](c2ccccc2)OC1=O)OCC1c2ccccc2-c2ccccc21. The quantitative estimate of drug-likeness (QED) is 0.238. The number of fused-ring (bicyclic) bond motifs is 3. The summed E-state index contributed by atoms with van der Waals surface area (Å²) in [6.45, 7) is 0.566. The van der Waals surface area contributed by atoms with Crippen molar-refractivity contribution in [3.05, 3.63) is 108 Å². The number of aliphatic hydroxyl groups excluding tert-OH is 1. The second-order valence-electron chi connectivity index (χ2n) is 12.9. The molecule has 3 aromatic rings. The summed E-state index contributed by atoms with van der Waals surface area (Å²) in [5.74, 6) is -1.87. The predicted octanol–water partition coefficient (Wildman–Crippen LogP) is 5.02. The predicted molar refractivity (Wildman–Crippen MR) is 183 cm³/mol. The van der Waals surface area contributed by atoms with Gasteiger partial charge in [-0.05, 0) is 59.9 Å². The molecule has 49 heavy (non-hydrogen) atoms. The van der Waals surface area contributed by atoms with Gasteiger partial charge in [0.15, 0.2) is 0 Å². The molecule has 1 saturated heterocycles. The van der Waals surface area contributed by atoms with Crippen molar-refractivity contribution in [2.75, 3.05) is 26.3 Å². The van der Waals surface area contributed by atoms with Gasteiger partial charge in [-0.2, -0.15) is 0 Å². The van der Waals surface area contributed by atoms with Crippen molar-refractivity contribution in [2.45, 2.75) is 62.6 Å². The van der Waals surface area contributed by atoms with Crippen LogP contribution >= 0.6 is 0 Å². The molecular weight excluding hydrogens is 622 g/mol. The summed E-state index contributed by atoms with van der Waals surface area (Å²) in [7, 11) is 0. The van der Waals surface area contributed by atoms with Crippen LogP contribution < -0.4 is 10.6 Å². The number of aliphatic hydroxyl groups is 1. The van der Waals surface area contributed by atoms with Crippen LogP contribution in [0.25, 0.3) is 11.1 Å². The van der Waals surface area contributed by atoms with Crippen LogP contribution in [0.3, 0.4) is 0 Å². The molecule has 2 heterocycles. The van der Waals surface area contributed by atoms with Crippen molar-refractivity contribution in [1.82, 2.24) is 15.5 Å². The molecule has 3 aliphatic rings. The molecule has 4 atom stereocenters. The standard InChI is InChI=1S/C39H43N3O7/c43-24-28-15-11-21-42(28)36(44)22-27-14-5-2-6-20-34(38(46)49-35(23-40-37(27)45)26-12-3-1-4-13-26)41-39(47)48-25-33-31-18-9-7-16-29(31)30-17-8-10-19-32(30)33/h1-5,7-10,12-13,16-19,27-28,33-35,43H,6,11,14-15,20-25H2,(H,40,45)(H,41,47)/b5-2-/t27-,28+,34+,35-/m1/s1. The van der Waals surface area contributed by atoms with E-state index >= 15 is 0 Å². The molecule has 1 fully saturated rings. The minimum absolute atomic E-state index is 0.00836. The molecule has 10 nitrogen and oxygen atoms in total. The Balaban J connectivity index is 1.14. The van der Waals surface area contributed by atoms with Crippen molar-refractivity contribution >= 4 is 23.9 Å². The van der Waals surface area contributed by atoms with Gasteiger partial charge in [-0.1, -0.05) is 91.0 Å². The van der Waals surface area contributed by atoms with Gasteiger partial charge in [0.2, 0.25) is 11.8 Å². The molecule has 256 valence electrons. The first-order valence-corrected chi connectivity index (χ1v) is 17.1. The monoisotopic (exact) mass is 665 g/mol. The summed E-state index contributed by atoms with van der Waals surface area (Å²) < 4.78 is 11.7. The van der Waals surface area contributed by atoms with Crippen LogP contribution in [-0.4, -0.2) is 72.3 Å². The lowest BCUT2D eigenvalue weighted by atomic mass is 9.98. The highest BCUT2D eigenvalue weighted by molar-refractivity contribution is 5.86. The molecule has 0 bridgehead atoms. The Bertz CT molecular complexity index is 1630. The number of allylic oxidation sites excluding steroid dienone is 2. The highest BCUT2D eigenvalue weighted by Crippen LogP contribution is 2.44. The first kappa shape index (κ1) is 33.9. The topological polar surface area (TPSA) is 134 Å². The van der Waals surface area contributed by atoms with Crippen LogP contribution in [0.1, 0.15) is 67.2 Å². The molecule has 1 aliphatic carbocycles. The number of nitrogens with one attached hydrogen (secondary N) is 2. The van der Waals surface area contributed by atoms with Crippen LogP contribution in [-0.2, 0) is 23.9 Å². The summed E-state index contributed by atoms with van der Waals surface area (Å²) in [4.78, 5) is 55.1. The minimum Gasteiger partial charge on any atom is -0.454 e. The summed E-state index contributed by atoms with van der Waals surface area (Å²) in [5, 5.41) is 15.3. The number of hydrogen-bond donors (Lipinski definition) is 3. The molecule has 3 amide bonds. The van der Waals surface area contributed by atoms with Crippen LogP contribution in [0.4, 0.5) is 4.79 Å². The van der Waals surface area contributed by atoms with Gasteiger partial charge in [-0.25, -0.2) is 9.59 Å². The lowest BCUT2D eigenvalue weighted by Gasteiger charge is -2.26. The largest absolute Gasteiger partial charge is 0.454 e. The number of cyclic esters (lactones) is 1. The Labute approximate surface area is 286 Å². The fourth-order valence-electron chi connectivity index (χ4n) is 7.09. The number of alkyl carbamates (subject to hydrolysis) is 1. The van der Waals surface area contributed by atoms with E-state index < -0.39 is 30.1 Å². The van der Waals surface area contributed by atoms with Crippen molar-refractivity contribution in [3.63, 3.8) is 0 Å². The molecule has 6 rings (SSSR count). The smallest absolute Gasteiger partial charge is 0.407 e. The molecule has 2 aliphatic heterocycles. The average Bonchev–Trinajstić information content (AvgIpc) is 3.74. The normalized spacial score (nSPS) is 23.5. The molecule has 10 heteroatoms. The van der Waals surface area contributed by atoms with E-state index in [-0.39, 0.29) is 56.4 Å². The zero-order valence-corrected chi connectivity index (χ0v) is 27.5. The number of nitrogens with zero attached hydrogens (tertiary/aromatic N) is 1. The Hall–Kier alpha value is -4.96. The summed E-state index contributed by atoms with van der Waals surface area (Å²) >= 11 is 0. The minimum atomic E-state index is -0.995. The molecule has 3 aromatic carbocycles. The Morgan fingerprint density at radius 3 is 2.33 bits per heavy atom. The van der Waals surface area contributed by atoms with E-state index in [4.69, 9.17) is 9.47 Å². The van der Waals surface area contributed by atoms with Crippen LogP contribution in [0.5, 0.6) is 0 Å². The average molecular weight is 666 g/mol. The van der Waals surface area contributed by atoms with E-state index in [0.717, 1.165) is 35.1 Å². The van der Waals surface area contributed by atoms with Crippen molar-refractivity contribution in [2.24, 2.45) is 5.92 Å². The van der Waals surface area contributed by atoms with E-state index in [1.165, 1.54) is 0 Å². The maximum absolute atomic E-state index is 13.6. The third kappa shape index (κ3) is 8.03. The van der Waals surface area contributed by atoms with E-state index in [2.05, 4.69) is 22.8 Å². The van der Waals surface area contributed by atoms with Crippen molar-refractivity contribution in [3.8, 4) is 11.1 Å². The zero-order valence-electron chi connectivity index (χ0n) is 27.5. The Kier molecular flexibility index (Phi) is 11.0. The van der Waals surface area contributed by atoms with Crippen molar-refractivity contribution < 1.29 is 33.8 Å². The first-order valence-electron chi connectivity index (χ1n) is 17.1. The molecule has 3 N–H and O–H groups in total. The third-order valence-electron chi connectivity index (χ3n) is 9.72. The zero-order chi connectivity index (χ0) is 34.2. The van der Waals surface area contributed by atoms with Crippen LogP contribution in [0.2, 0.25) is 0 Å². The van der Waals surface area contributed by atoms with Crippen molar-refractivity contribution in [1.29, 1.82) is 0 Å². The fourth-order valence-corrected chi connectivity index (χ4v) is 7.09. The van der Waals surface area contributed by atoms with Crippen LogP contribution in [0, 0.1) is 5.92 Å². The van der Waals surface area contributed by atoms with E-state index in [0.29, 0.717) is 24.9 Å². The molecule has 0 radical (unpaired) electrons. The molecule has 0 spiro atoms. The summed E-state index contributed by atoms with van der Waals surface area (Å²) in [6, 6.07) is 24.0. The maximum Gasteiger partial charge on any atom is 0.407 e. The van der Waals surface area contributed by atoms with Gasteiger partial charge in [0.1, 0.15) is 18.8 Å². The third-order valence-corrected chi connectivity index (χ3v) is 9.72. The highest BCUT2D eigenvalue weighted by Gasteiger charge is 2.33. The van der Waals surface area contributed by atoms with Crippen LogP contribution in [0.15, 0.2) is 91.0 Å². The number of benzene rings is 3. The van der Waals surface area contributed by atoms with Gasteiger partial charge in [-0.3, -0.25) is 9.59 Å². The lowest BCUT2D eigenvalue weighted by molar-refractivity contribution is -0.152. The molecule has 0 aromatic heterocycles. The summed E-state index contributed by atoms with van der Waals surface area (Å²) in [5.41, 5.74) is 5.09. The Morgan fingerprint density at radius 2 is 1.61 bits per heavy atom. The highest BCUT2D eigenvalue weighted by atomic mass is 16.6.